The first-order chi connectivity index (χ1) is 7.04. The van der Waals surface area contributed by atoms with Crippen LogP contribution in [0.5, 0.6) is 0 Å². The van der Waals surface area contributed by atoms with E-state index >= 15 is 0 Å². The summed E-state index contributed by atoms with van der Waals surface area (Å²) in [6, 6.07) is 10.5. The van der Waals surface area contributed by atoms with Crippen LogP contribution < -0.4 is 0 Å². The Balaban J connectivity index is 0. The SMILES string of the molecule is CC.CC(C)c1ccccc1.CN(C)C. The van der Waals surface area contributed by atoms with E-state index in [2.05, 4.69) is 38.1 Å². The maximum atomic E-state index is 2.20. The van der Waals surface area contributed by atoms with Gasteiger partial charge in [-0.15, -0.1) is 0 Å². The van der Waals surface area contributed by atoms with Crippen molar-refractivity contribution in [1.82, 2.24) is 4.90 Å². The molecule has 0 aliphatic heterocycles. The van der Waals surface area contributed by atoms with Gasteiger partial charge in [0, 0.05) is 0 Å². The lowest BCUT2D eigenvalue weighted by Gasteiger charge is -2.01. The molecule has 0 N–H and O–H groups in total. The van der Waals surface area contributed by atoms with Gasteiger partial charge in [0.1, 0.15) is 0 Å². The quantitative estimate of drug-likeness (QED) is 0.675. The lowest BCUT2D eigenvalue weighted by molar-refractivity contribution is 0.505. The highest BCUT2D eigenvalue weighted by Gasteiger charge is 1.93. The lowest BCUT2D eigenvalue weighted by atomic mass is 10.0. The van der Waals surface area contributed by atoms with E-state index in [-0.39, 0.29) is 0 Å². The molecule has 1 heteroatoms. The Morgan fingerprint density at radius 1 is 0.867 bits per heavy atom. The van der Waals surface area contributed by atoms with Gasteiger partial charge < -0.3 is 4.90 Å². The molecule has 0 heterocycles. The van der Waals surface area contributed by atoms with Crippen LogP contribution in [0, 0.1) is 0 Å². The Morgan fingerprint density at radius 3 is 1.40 bits per heavy atom. The molecule has 1 rings (SSSR count). The van der Waals surface area contributed by atoms with Crippen LogP contribution in [0.4, 0.5) is 0 Å². The number of hydrogen-bond acceptors (Lipinski definition) is 1. The molecule has 0 aliphatic carbocycles. The Kier molecular flexibility index (Phi) is 12.5. The molecule has 0 aliphatic rings. The standard InChI is InChI=1S/C9H12.C3H9N.C2H6/c1-8(2)9-6-4-3-5-7-9;1-4(2)3;1-2/h3-8H,1-2H3;1-3H3;1-2H3. The smallest absolute Gasteiger partial charge is 0.0140 e. The summed E-state index contributed by atoms with van der Waals surface area (Å²) >= 11 is 0. The number of rotatable bonds is 1. The van der Waals surface area contributed by atoms with E-state index in [4.69, 9.17) is 0 Å². The van der Waals surface area contributed by atoms with Crippen molar-refractivity contribution in [3.63, 3.8) is 0 Å². The molecular formula is C14H27N. The van der Waals surface area contributed by atoms with Crippen molar-refractivity contribution in [2.75, 3.05) is 21.1 Å². The zero-order valence-electron chi connectivity index (χ0n) is 11.4. The van der Waals surface area contributed by atoms with Crippen molar-refractivity contribution >= 4 is 0 Å². The molecule has 0 bridgehead atoms. The molecule has 15 heavy (non-hydrogen) atoms. The van der Waals surface area contributed by atoms with Crippen LogP contribution in [0.1, 0.15) is 39.2 Å². The maximum absolute atomic E-state index is 2.20. The molecule has 0 fully saturated rings. The van der Waals surface area contributed by atoms with E-state index in [0.717, 1.165) is 0 Å². The highest BCUT2D eigenvalue weighted by molar-refractivity contribution is 5.17. The second-order valence-corrected chi connectivity index (χ2v) is 3.91. The largest absolute Gasteiger partial charge is 0.312 e. The average Bonchev–Trinajstić information content (AvgIpc) is 2.21. The molecule has 1 nitrogen and oxygen atoms in total. The van der Waals surface area contributed by atoms with Gasteiger partial charge in [0.05, 0.1) is 0 Å². The van der Waals surface area contributed by atoms with E-state index < -0.39 is 0 Å². The van der Waals surface area contributed by atoms with E-state index in [0.29, 0.717) is 5.92 Å². The zero-order chi connectivity index (χ0) is 12.3. The summed E-state index contributed by atoms with van der Waals surface area (Å²) in [5, 5.41) is 0. The van der Waals surface area contributed by atoms with Crippen LogP contribution in [0.25, 0.3) is 0 Å². The second kappa shape index (κ2) is 11.3. The zero-order valence-corrected chi connectivity index (χ0v) is 11.4. The minimum absolute atomic E-state index is 0.659. The summed E-state index contributed by atoms with van der Waals surface area (Å²) in [5.74, 6) is 0.659. The van der Waals surface area contributed by atoms with Crippen molar-refractivity contribution in [3.8, 4) is 0 Å². The molecule has 0 radical (unpaired) electrons. The van der Waals surface area contributed by atoms with E-state index in [1.807, 2.05) is 46.0 Å². The van der Waals surface area contributed by atoms with Crippen molar-refractivity contribution in [2.24, 2.45) is 0 Å². The third-order valence-electron chi connectivity index (χ3n) is 1.47. The molecule has 0 atom stereocenters. The van der Waals surface area contributed by atoms with Crippen LogP contribution in [-0.4, -0.2) is 26.0 Å². The minimum atomic E-state index is 0.659. The van der Waals surface area contributed by atoms with Gasteiger partial charge in [-0.25, -0.2) is 0 Å². The van der Waals surface area contributed by atoms with Gasteiger partial charge in [-0.1, -0.05) is 58.0 Å². The molecule has 0 unspecified atom stereocenters. The van der Waals surface area contributed by atoms with Crippen LogP contribution in [0.2, 0.25) is 0 Å². The highest BCUT2D eigenvalue weighted by Crippen LogP contribution is 2.11. The predicted octanol–water partition coefficient (Wildman–Crippen LogP) is 4.01. The lowest BCUT2D eigenvalue weighted by Crippen LogP contribution is -1.99. The Morgan fingerprint density at radius 2 is 1.20 bits per heavy atom. The molecule has 0 spiro atoms. The highest BCUT2D eigenvalue weighted by atomic mass is 15.0. The number of hydrogen-bond donors (Lipinski definition) is 0. The first kappa shape index (κ1) is 16.6. The molecule has 1 aromatic rings. The monoisotopic (exact) mass is 209 g/mol. The molecule has 0 saturated carbocycles. The van der Waals surface area contributed by atoms with Gasteiger partial charge in [0.2, 0.25) is 0 Å². The first-order valence-electron chi connectivity index (χ1n) is 5.70. The van der Waals surface area contributed by atoms with Crippen LogP contribution in [0.15, 0.2) is 30.3 Å². The average molecular weight is 209 g/mol. The molecule has 1 aromatic carbocycles. The summed E-state index contributed by atoms with van der Waals surface area (Å²) in [5.41, 5.74) is 1.41. The van der Waals surface area contributed by atoms with Crippen LogP contribution in [-0.2, 0) is 0 Å². The third kappa shape index (κ3) is 13.2. The maximum Gasteiger partial charge on any atom is -0.0140 e. The normalized spacial score (nSPS) is 8.87. The molecule has 0 aromatic heterocycles. The molecule has 0 amide bonds. The Hall–Kier alpha value is -0.820. The Bertz CT molecular complexity index is 199. The minimum Gasteiger partial charge on any atom is -0.312 e. The number of benzene rings is 1. The van der Waals surface area contributed by atoms with Crippen molar-refractivity contribution in [1.29, 1.82) is 0 Å². The molecule has 0 saturated heterocycles. The fourth-order valence-electron chi connectivity index (χ4n) is 0.838. The van der Waals surface area contributed by atoms with Crippen LogP contribution >= 0.6 is 0 Å². The van der Waals surface area contributed by atoms with E-state index in [1.165, 1.54) is 5.56 Å². The first-order valence-corrected chi connectivity index (χ1v) is 5.70. The topological polar surface area (TPSA) is 3.24 Å². The predicted molar refractivity (Wildman–Crippen MR) is 71.5 cm³/mol. The van der Waals surface area contributed by atoms with Gasteiger partial charge in [-0.05, 0) is 32.6 Å². The van der Waals surface area contributed by atoms with Crippen LogP contribution in [0.3, 0.4) is 0 Å². The van der Waals surface area contributed by atoms with Crippen molar-refractivity contribution < 1.29 is 0 Å². The van der Waals surface area contributed by atoms with Gasteiger partial charge in [-0.3, -0.25) is 0 Å². The van der Waals surface area contributed by atoms with Gasteiger partial charge >= 0.3 is 0 Å². The van der Waals surface area contributed by atoms with Gasteiger partial charge in [0.15, 0.2) is 0 Å². The summed E-state index contributed by atoms with van der Waals surface area (Å²) in [6.45, 7) is 8.41. The van der Waals surface area contributed by atoms with Crippen molar-refractivity contribution in [2.45, 2.75) is 33.6 Å². The fourth-order valence-corrected chi connectivity index (χ4v) is 0.838. The summed E-state index contributed by atoms with van der Waals surface area (Å²) < 4.78 is 0. The number of nitrogens with zero attached hydrogens (tertiary/aromatic N) is 1. The van der Waals surface area contributed by atoms with Gasteiger partial charge in [0.25, 0.3) is 0 Å². The third-order valence-corrected chi connectivity index (χ3v) is 1.47. The van der Waals surface area contributed by atoms with Crippen molar-refractivity contribution in [3.05, 3.63) is 35.9 Å². The van der Waals surface area contributed by atoms with E-state index in [1.54, 1.807) is 0 Å². The second-order valence-electron chi connectivity index (χ2n) is 3.91. The van der Waals surface area contributed by atoms with Gasteiger partial charge in [-0.2, -0.15) is 0 Å². The summed E-state index contributed by atoms with van der Waals surface area (Å²) in [6.07, 6.45) is 0. The van der Waals surface area contributed by atoms with E-state index in [9.17, 15) is 0 Å². The Labute approximate surface area is 96.1 Å². The molecule has 88 valence electrons. The molecular weight excluding hydrogens is 182 g/mol. The summed E-state index contributed by atoms with van der Waals surface area (Å²) in [4.78, 5) is 2.00. The summed E-state index contributed by atoms with van der Waals surface area (Å²) in [7, 11) is 6.00. The fraction of sp³-hybridized carbons (Fsp3) is 0.571.